The number of carbonyl (C=O) groups excluding carboxylic acids is 2. The third-order valence-electron chi connectivity index (χ3n) is 7.92. The molecule has 278 valence electrons. The number of aromatic amines is 1. The Labute approximate surface area is 279 Å². The highest BCUT2D eigenvalue weighted by Crippen LogP contribution is 2.35. The van der Waals surface area contributed by atoms with E-state index in [2.05, 4.69) is 16.0 Å². The van der Waals surface area contributed by atoms with Gasteiger partial charge < -0.3 is 65.5 Å². The predicted octanol–water partition coefficient (Wildman–Crippen LogP) is -5.41. The summed E-state index contributed by atoms with van der Waals surface area (Å²) in [5.74, 6) is -2.23. The standard InChI is InChI=1S/C28H46N6O15/c1-28(2,3)49-27(45)31-9-12-16(37)19(40)25(46-12)48-20(15(22(41)30-5)33(6)10-11(35)14(29-4)24(42)43)21-17(38)18(39)23(47-21)34-8-7-13(36)32-26(34)44/h7-8,11-12,14-21,23,25,29,35,37-40H,9-10H2,1-6H3,(H,30,41)(H,31,45)(H,42,43)(H,32,36,44)/t11-,12?,14-,15-,16?,17?,18?,19?,20-,21?,23?,25?/m0/s1. The number of likely N-dealkylation sites (N-methyl/N-ethyl adjacent to an activating group) is 3. The number of ether oxygens (including phenoxy) is 4. The topological polar surface area (TPSA) is 304 Å². The summed E-state index contributed by atoms with van der Waals surface area (Å²) >= 11 is 0. The number of hydrogen-bond donors (Lipinski definition) is 10. The molecule has 3 heterocycles. The van der Waals surface area contributed by atoms with E-state index in [0.717, 1.165) is 16.8 Å². The van der Waals surface area contributed by atoms with Gasteiger partial charge in [-0.1, -0.05) is 0 Å². The second-order valence-corrected chi connectivity index (χ2v) is 12.7. The van der Waals surface area contributed by atoms with Crippen LogP contribution in [0.15, 0.2) is 21.9 Å². The van der Waals surface area contributed by atoms with Gasteiger partial charge in [-0.25, -0.2) is 9.59 Å². The Hall–Kier alpha value is -3.51. The number of nitrogens with one attached hydrogen (secondary N) is 4. The average Bonchev–Trinajstić information content (AvgIpc) is 3.44. The van der Waals surface area contributed by atoms with Crippen LogP contribution in [-0.2, 0) is 28.5 Å². The molecule has 21 nitrogen and oxygen atoms in total. The fourth-order valence-corrected chi connectivity index (χ4v) is 5.54. The molecule has 1 aromatic heterocycles. The van der Waals surface area contributed by atoms with Gasteiger partial charge >= 0.3 is 17.8 Å². The van der Waals surface area contributed by atoms with Gasteiger partial charge in [0.15, 0.2) is 12.5 Å². The number of rotatable bonds is 14. The number of aliphatic carboxylic acids is 1. The van der Waals surface area contributed by atoms with Gasteiger partial charge in [-0.15, -0.1) is 0 Å². The molecule has 0 aromatic carbocycles. The van der Waals surface area contributed by atoms with Crippen LogP contribution in [0.5, 0.6) is 0 Å². The minimum Gasteiger partial charge on any atom is -0.480 e. The highest BCUT2D eigenvalue weighted by molar-refractivity contribution is 5.82. The minimum absolute atomic E-state index is 0.359. The van der Waals surface area contributed by atoms with Crippen LogP contribution in [0.3, 0.4) is 0 Å². The first-order chi connectivity index (χ1) is 22.8. The molecule has 0 aliphatic carbocycles. The summed E-state index contributed by atoms with van der Waals surface area (Å²) in [5.41, 5.74) is -2.60. The Kier molecular flexibility index (Phi) is 13.4. The molecule has 2 saturated heterocycles. The number of aromatic nitrogens is 2. The zero-order chi connectivity index (χ0) is 37.0. The van der Waals surface area contributed by atoms with Crippen LogP contribution in [0, 0.1) is 0 Å². The van der Waals surface area contributed by atoms with E-state index in [1.165, 1.54) is 26.0 Å². The normalized spacial score (nSPS) is 29.6. The SMILES string of the molecule is CNC(=O)[C@H]([C@H](OC1OC(CNC(=O)OC(C)(C)C)C(O)C1O)C1OC(n2ccc(=O)[nH]c2=O)C(O)C1O)N(C)C[C@H](O)[C@H](NC)C(=O)O. The van der Waals surface area contributed by atoms with Crippen molar-refractivity contribution in [3.8, 4) is 0 Å². The van der Waals surface area contributed by atoms with Crippen LogP contribution in [0.2, 0.25) is 0 Å². The molecular formula is C28H46N6O15. The summed E-state index contributed by atoms with van der Waals surface area (Å²) in [6, 6.07) is -2.12. The monoisotopic (exact) mass is 706 g/mol. The second kappa shape index (κ2) is 16.5. The van der Waals surface area contributed by atoms with E-state index in [9.17, 15) is 54.6 Å². The number of carboxylic acids is 1. The molecule has 49 heavy (non-hydrogen) atoms. The summed E-state index contributed by atoms with van der Waals surface area (Å²) in [5, 5.41) is 71.3. The number of hydrogen-bond acceptors (Lipinski definition) is 16. The Balaban J connectivity index is 1.99. The molecule has 12 atom stereocenters. The lowest BCUT2D eigenvalue weighted by molar-refractivity contribution is -0.233. The first-order valence-corrected chi connectivity index (χ1v) is 15.3. The van der Waals surface area contributed by atoms with Gasteiger partial charge in [0.2, 0.25) is 5.91 Å². The van der Waals surface area contributed by atoms with E-state index in [4.69, 9.17) is 18.9 Å². The third kappa shape index (κ3) is 9.60. The van der Waals surface area contributed by atoms with Crippen molar-refractivity contribution >= 4 is 18.0 Å². The van der Waals surface area contributed by atoms with Gasteiger partial charge in [-0.05, 0) is 34.9 Å². The van der Waals surface area contributed by atoms with E-state index >= 15 is 0 Å². The van der Waals surface area contributed by atoms with Crippen LogP contribution in [-0.4, -0.2) is 170 Å². The molecule has 0 bridgehead atoms. The Morgan fingerprint density at radius 1 is 1.06 bits per heavy atom. The molecule has 2 aliphatic rings. The number of H-pyrrole nitrogens is 1. The highest BCUT2D eigenvalue weighted by Gasteiger charge is 2.55. The Morgan fingerprint density at radius 2 is 1.71 bits per heavy atom. The molecule has 2 amide bonds. The molecule has 0 saturated carbocycles. The maximum atomic E-state index is 13.5. The molecule has 3 rings (SSSR count). The van der Waals surface area contributed by atoms with Crippen molar-refractivity contribution < 1.29 is 64.0 Å². The molecule has 2 fully saturated rings. The number of aliphatic hydroxyl groups excluding tert-OH is 5. The minimum atomic E-state index is -1.91. The number of nitrogens with zero attached hydrogens (tertiary/aromatic N) is 2. The Bertz CT molecular complexity index is 1420. The number of carbonyl (C=O) groups is 3. The quantitative estimate of drug-likeness (QED) is 0.0863. The molecule has 1 aromatic rings. The molecule has 10 N–H and O–H groups in total. The largest absolute Gasteiger partial charge is 0.480 e. The summed E-state index contributed by atoms with van der Waals surface area (Å²) < 4.78 is 23.6. The highest BCUT2D eigenvalue weighted by atomic mass is 16.7. The van der Waals surface area contributed by atoms with Gasteiger partial charge in [0.1, 0.15) is 60.4 Å². The average molecular weight is 707 g/mol. The van der Waals surface area contributed by atoms with Crippen molar-refractivity contribution in [2.75, 3.05) is 34.2 Å². The molecule has 0 radical (unpaired) electrons. The maximum absolute atomic E-state index is 13.5. The van der Waals surface area contributed by atoms with Gasteiger partial charge in [-0.2, -0.15) is 0 Å². The smallest absolute Gasteiger partial charge is 0.407 e. The summed E-state index contributed by atoms with van der Waals surface area (Å²) in [6.45, 7) is 4.05. The first-order valence-electron chi connectivity index (χ1n) is 15.3. The number of carboxylic acid groups (broad SMARTS) is 1. The molecule has 8 unspecified atom stereocenters. The maximum Gasteiger partial charge on any atom is 0.407 e. The van der Waals surface area contributed by atoms with E-state index in [0.29, 0.717) is 0 Å². The molecular weight excluding hydrogens is 660 g/mol. The van der Waals surface area contributed by atoms with Gasteiger partial charge in [0.25, 0.3) is 5.56 Å². The second-order valence-electron chi connectivity index (χ2n) is 12.7. The van der Waals surface area contributed by atoms with E-state index < -0.39 is 115 Å². The molecule has 21 heteroatoms. The fourth-order valence-electron chi connectivity index (χ4n) is 5.54. The lowest BCUT2D eigenvalue weighted by Crippen LogP contribution is -2.61. The zero-order valence-electron chi connectivity index (χ0n) is 27.7. The van der Waals surface area contributed by atoms with E-state index in [1.807, 2.05) is 4.98 Å². The Morgan fingerprint density at radius 3 is 2.27 bits per heavy atom. The van der Waals surface area contributed by atoms with Crippen molar-refractivity contribution in [1.82, 2.24) is 30.4 Å². The number of alkyl carbamates (subject to hydrolysis) is 1. The van der Waals surface area contributed by atoms with Crippen LogP contribution in [0.4, 0.5) is 4.79 Å². The van der Waals surface area contributed by atoms with Gasteiger partial charge in [0.05, 0.1) is 6.10 Å². The van der Waals surface area contributed by atoms with E-state index in [1.54, 1.807) is 20.8 Å². The summed E-state index contributed by atoms with van der Waals surface area (Å²) in [4.78, 5) is 64.6. The number of aliphatic hydroxyl groups is 5. The van der Waals surface area contributed by atoms with Crippen molar-refractivity contribution in [2.45, 2.75) is 99.8 Å². The van der Waals surface area contributed by atoms with Crippen LogP contribution < -0.4 is 27.2 Å². The summed E-state index contributed by atoms with van der Waals surface area (Å²) in [7, 11) is 3.85. The molecule has 2 aliphatic heterocycles. The van der Waals surface area contributed by atoms with Crippen LogP contribution in [0.25, 0.3) is 0 Å². The predicted molar refractivity (Wildman–Crippen MR) is 164 cm³/mol. The van der Waals surface area contributed by atoms with Crippen molar-refractivity contribution in [2.24, 2.45) is 0 Å². The summed E-state index contributed by atoms with van der Waals surface area (Å²) in [6.07, 6.45) is -16.8. The van der Waals surface area contributed by atoms with Crippen LogP contribution >= 0.6 is 0 Å². The van der Waals surface area contributed by atoms with Crippen LogP contribution in [0.1, 0.15) is 27.0 Å². The van der Waals surface area contributed by atoms with Crippen molar-refractivity contribution in [3.63, 3.8) is 0 Å². The van der Waals surface area contributed by atoms with E-state index in [-0.39, 0.29) is 6.54 Å². The van der Waals surface area contributed by atoms with Gasteiger partial charge in [0, 0.05) is 32.4 Å². The van der Waals surface area contributed by atoms with Crippen molar-refractivity contribution in [3.05, 3.63) is 33.1 Å². The lowest BCUT2D eigenvalue weighted by atomic mass is 9.96. The van der Waals surface area contributed by atoms with Gasteiger partial charge in [-0.3, -0.25) is 28.8 Å². The fraction of sp³-hybridized carbons (Fsp3) is 0.750. The third-order valence-corrected chi connectivity index (χ3v) is 7.92. The number of amides is 2. The first kappa shape index (κ1) is 39.9. The molecule has 0 spiro atoms. The van der Waals surface area contributed by atoms with Crippen molar-refractivity contribution in [1.29, 1.82) is 0 Å². The lowest BCUT2D eigenvalue weighted by Gasteiger charge is -2.39. The zero-order valence-corrected chi connectivity index (χ0v) is 27.7.